The van der Waals surface area contributed by atoms with Crippen LogP contribution < -0.4 is 0 Å². The Hall–Kier alpha value is -1.32. The van der Waals surface area contributed by atoms with E-state index in [2.05, 4.69) is 10.2 Å². The number of rotatable bonds is 2. The maximum Gasteiger partial charge on any atom is 0.223 e. The molecule has 3 aliphatic rings. The molecule has 1 aromatic heterocycles. The Morgan fingerprint density at radius 2 is 2.37 bits per heavy atom. The summed E-state index contributed by atoms with van der Waals surface area (Å²) < 4.78 is 0. The van der Waals surface area contributed by atoms with Gasteiger partial charge in [-0.25, -0.2) is 0 Å². The molecule has 102 valence electrons. The molecule has 2 bridgehead atoms. The van der Waals surface area contributed by atoms with Crippen LogP contribution in [-0.4, -0.2) is 27.5 Å². The molecule has 2 aliphatic carbocycles. The third kappa shape index (κ3) is 1.97. The van der Waals surface area contributed by atoms with E-state index < -0.39 is 0 Å². The lowest BCUT2D eigenvalue weighted by molar-refractivity contribution is -0.133. The van der Waals surface area contributed by atoms with Crippen LogP contribution in [0.25, 0.3) is 0 Å². The van der Waals surface area contributed by atoms with Crippen molar-refractivity contribution in [2.24, 2.45) is 17.8 Å². The third-order valence-corrected chi connectivity index (χ3v) is 5.47. The second kappa shape index (κ2) is 4.36. The van der Waals surface area contributed by atoms with Crippen molar-refractivity contribution in [3.8, 4) is 0 Å². The van der Waals surface area contributed by atoms with Gasteiger partial charge >= 0.3 is 0 Å². The minimum absolute atomic E-state index is 0.365. The van der Waals surface area contributed by atoms with Crippen molar-refractivity contribution in [3.63, 3.8) is 0 Å². The van der Waals surface area contributed by atoms with E-state index >= 15 is 0 Å². The van der Waals surface area contributed by atoms with Crippen molar-refractivity contribution in [1.29, 1.82) is 0 Å². The highest BCUT2D eigenvalue weighted by atomic mass is 16.2. The molecule has 3 atom stereocenters. The van der Waals surface area contributed by atoms with Gasteiger partial charge in [-0.2, -0.15) is 5.10 Å². The molecule has 2 saturated carbocycles. The molecule has 2 fully saturated rings. The first kappa shape index (κ1) is 11.5. The largest absolute Gasteiger partial charge is 0.338 e. The summed E-state index contributed by atoms with van der Waals surface area (Å²) in [5, 5.41) is 7.09. The fraction of sp³-hybridized carbons (Fsp3) is 0.733. The summed E-state index contributed by atoms with van der Waals surface area (Å²) >= 11 is 0. The Labute approximate surface area is 113 Å². The van der Waals surface area contributed by atoms with Gasteiger partial charge in [0, 0.05) is 37.2 Å². The van der Waals surface area contributed by atoms with Crippen LogP contribution in [0.15, 0.2) is 6.20 Å². The molecule has 1 N–H and O–H groups in total. The average Bonchev–Trinajstić information content (AvgIpc) is 3.13. The van der Waals surface area contributed by atoms with E-state index in [1.807, 2.05) is 11.1 Å². The van der Waals surface area contributed by atoms with Crippen molar-refractivity contribution in [2.45, 2.75) is 45.1 Å². The van der Waals surface area contributed by atoms with Crippen LogP contribution >= 0.6 is 0 Å². The molecule has 1 amide bonds. The summed E-state index contributed by atoms with van der Waals surface area (Å²) in [6.07, 6.45) is 9.06. The van der Waals surface area contributed by atoms with Crippen molar-refractivity contribution in [1.82, 2.24) is 15.1 Å². The first-order chi connectivity index (χ1) is 9.29. The summed E-state index contributed by atoms with van der Waals surface area (Å²) in [4.78, 5) is 14.5. The topological polar surface area (TPSA) is 49.0 Å². The summed E-state index contributed by atoms with van der Waals surface area (Å²) in [7, 11) is 0. The second-order valence-electron chi connectivity index (χ2n) is 6.58. The number of H-pyrrole nitrogens is 1. The van der Waals surface area contributed by atoms with E-state index in [9.17, 15) is 4.79 Å². The Balaban J connectivity index is 1.39. The van der Waals surface area contributed by atoms with E-state index in [1.165, 1.54) is 36.9 Å². The number of nitrogens with one attached hydrogen (secondary N) is 1. The van der Waals surface area contributed by atoms with Gasteiger partial charge in [0.2, 0.25) is 5.91 Å². The molecule has 4 heteroatoms. The Kier molecular flexibility index (Phi) is 2.64. The Bertz CT molecular complexity index is 495. The van der Waals surface area contributed by atoms with E-state index in [-0.39, 0.29) is 0 Å². The summed E-state index contributed by atoms with van der Waals surface area (Å²) in [5.41, 5.74) is 2.41. The molecule has 4 nitrogen and oxygen atoms in total. The zero-order chi connectivity index (χ0) is 12.8. The van der Waals surface area contributed by atoms with E-state index in [0.29, 0.717) is 11.8 Å². The van der Waals surface area contributed by atoms with Crippen molar-refractivity contribution >= 4 is 5.91 Å². The number of amides is 1. The highest BCUT2D eigenvalue weighted by Crippen LogP contribution is 2.49. The zero-order valence-corrected chi connectivity index (χ0v) is 11.3. The van der Waals surface area contributed by atoms with Crippen LogP contribution in [-0.2, 0) is 17.8 Å². The number of aromatic amines is 1. The number of nitrogens with zero attached hydrogens (tertiary/aromatic N) is 2. The standard InChI is InChI=1S/C15H21N3O/c19-15(7-12-6-10-1-2-11(12)5-10)18-4-3-14-13(9-18)8-16-17-14/h8,10-12H,1-7,9H2,(H,16,17)/t10-,11-,12+/m0/s1. The minimum Gasteiger partial charge on any atom is -0.338 e. The second-order valence-corrected chi connectivity index (χ2v) is 6.58. The Morgan fingerprint density at radius 3 is 3.16 bits per heavy atom. The number of hydrogen-bond acceptors (Lipinski definition) is 2. The molecule has 19 heavy (non-hydrogen) atoms. The summed E-state index contributed by atoms with van der Waals surface area (Å²) in [6, 6.07) is 0. The molecular weight excluding hydrogens is 238 g/mol. The molecule has 1 aliphatic heterocycles. The van der Waals surface area contributed by atoms with E-state index in [0.717, 1.165) is 37.8 Å². The van der Waals surface area contributed by atoms with Crippen molar-refractivity contribution in [2.75, 3.05) is 6.54 Å². The Morgan fingerprint density at radius 1 is 1.42 bits per heavy atom. The van der Waals surface area contributed by atoms with Crippen LogP contribution in [0.3, 0.4) is 0 Å². The monoisotopic (exact) mass is 259 g/mol. The highest BCUT2D eigenvalue weighted by Gasteiger charge is 2.40. The predicted molar refractivity (Wildman–Crippen MR) is 71.3 cm³/mol. The van der Waals surface area contributed by atoms with Gasteiger partial charge in [-0.05, 0) is 37.0 Å². The average molecular weight is 259 g/mol. The maximum absolute atomic E-state index is 12.5. The van der Waals surface area contributed by atoms with Crippen LogP contribution in [0.2, 0.25) is 0 Å². The highest BCUT2D eigenvalue weighted by molar-refractivity contribution is 5.76. The van der Waals surface area contributed by atoms with Gasteiger partial charge in [0.1, 0.15) is 0 Å². The number of hydrogen-bond donors (Lipinski definition) is 1. The molecule has 1 aromatic rings. The number of carbonyl (C=O) groups excluding carboxylic acids is 1. The van der Waals surface area contributed by atoms with Crippen LogP contribution in [0, 0.1) is 17.8 Å². The van der Waals surface area contributed by atoms with Gasteiger partial charge in [-0.3, -0.25) is 9.89 Å². The van der Waals surface area contributed by atoms with Crippen LogP contribution in [0.4, 0.5) is 0 Å². The maximum atomic E-state index is 12.5. The molecule has 0 radical (unpaired) electrons. The lowest BCUT2D eigenvalue weighted by atomic mass is 9.86. The molecular formula is C15H21N3O. The normalized spacial score (nSPS) is 32.6. The lowest BCUT2D eigenvalue weighted by Crippen LogP contribution is -2.37. The van der Waals surface area contributed by atoms with Gasteiger partial charge < -0.3 is 4.90 Å². The number of aromatic nitrogens is 2. The number of carbonyl (C=O) groups is 1. The fourth-order valence-corrected chi connectivity index (χ4v) is 4.41. The van der Waals surface area contributed by atoms with Crippen LogP contribution in [0.1, 0.15) is 43.4 Å². The molecule has 0 spiro atoms. The predicted octanol–water partition coefficient (Wildman–Crippen LogP) is 2.12. The van der Waals surface area contributed by atoms with Gasteiger partial charge in [0.15, 0.2) is 0 Å². The zero-order valence-electron chi connectivity index (χ0n) is 11.3. The van der Waals surface area contributed by atoms with E-state index in [4.69, 9.17) is 0 Å². The first-order valence-corrected chi connectivity index (χ1v) is 7.58. The number of fused-ring (bicyclic) bond motifs is 3. The molecule has 0 saturated heterocycles. The minimum atomic E-state index is 0.365. The summed E-state index contributed by atoms with van der Waals surface area (Å²) in [6.45, 7) is 1.61. The molecule has 2 heterocycles. The first-order valence-electron chi connectivity index (χ1n) is 7.58. The SMILES string of the molecule is O=C(C[C@H]1C[C@H]2CC[C@H]1C2)N1CCc2[nH]ncc2C1. The smallest absolute Gasteiger partial charge is 0.223 e. The van der Waals surface area contributed by atoms with E-state index in [1.54, 1.807) is 0 Å². The van der Waals surface area contributed by atoms with Gasteiger partial charge in [-0.1, -0.05) is 6.42 Å². The van der Waals surface area contributed by atoms with Gasteiger partial charge in [-0.15, -0.1) is 0 Å². The summed E-state index contributed by atoms with van der Waals surface area (Å²) in [5.74, 6) is 2.83. The van der Waals surface area contributed by atoms with Gasteiger partial charge in [0.05, 0.1) is 6.20 Å². The molecule has 0 aromatic carbocycles. The van der Waals surface area contributed by atoms with Crippen molar-refractivity contribution in [3.05, 3.63) is 17.5 Å². The quantitative estimate of drug-likeness (QED) is 0.884. The fourth-order valence-electron chi connectivity index (χ4n) is 4.41. The van der Waals surface area contributed by atoms with Crippen molar-refractivity contribution < 1.29 is 4.79 Å². The van der Waals surface area contributed by atoms with Gasteiger partial charge in [0.25, 0.3) is 0 Å². The van der Waals surface area contributed by atoms with Crippen LogP contribution in [0.5, 0.6) is 0 Å². The molecule has 4 rings (SSSR count). The molecule has 0 unspecified atom stereocenters. The third-order valence-electron chi connectivity index (χ3n) is 5.47. The lowest BCUT2D eigenvalue weighted by Gasteiger charge is -2.29.